The summed E-state index contributed by atoms with van der Waals surface area (Å²) in [6.07, 6.45) is -0.203. The molecule has 0 saturated carbocycles. The van der Waals surface area contributed by atoms with Gasteiger partial charge in [0, 0.05) is 31.6 Å². The molecule has 1 N–H and O–H groups in total. The van der Waals surface area contributed by atoms with E-state index < -0.39 is 5.60 Å². The molecule has 2 rings (SSSR count). The van der Waals surface area contributed by atoms with Gasteiger partial charge in [-0.25, -0.2) is 4.79 Å². The molecule has 0 spiro atoms. The van der Waals surface area contributed by atoms with Crippen molar-refractivity contribution in [3.8, 4) is 0 Å². The summed E-state index contributed by atoms with van der Waals surface area (Å²) in [7, 11) is 0. The lowest BCUT2D eigenvalue weighted by Gasteiger charge is -2.44. The molecule has 1 amide bonds. The second-order valence-corrected chi connectivity index (χ2v) is 5.78. The van der Waals surface area contributed by atoms with Gasteiger partial charge in [-0.1, -0.05) is 0 Å². The third kappa shape index (κ3) is 3.33. The van der Waals surface area contributed by atoms with Crippen molar-refractivity contribution in [1.82, 2.24) is 10.2 Å². The van der Waals surface area contributed by atoms with Crippen LogP contribution < -0.4 is 5.32 Å². The molecule has 2 heterocycles. The highest BCUT2D eigenvalue weighted by Crippen LogP contribution is 2.23. The Morgan fingerprint density at radius 3 is 2.65 bits per heavy atom. The lowest BCUT2D eigenvalue weighted by Crippen LogP contribution is -2.60. The minimum atomic E-state index is -0.408. The molecule has 2 fully saturated rings. The van der Waals surface area contributed by atoms with E-state index in [1.54, 1.807) is 4.90 Å². The third-order valence-electron chi connectivity index (χ3n) is 3.08. The first-order chi connectivity index (χ1) is 7.96. The number of hydrogen-bond donors (Lipinski definition) is 1. The summed E-state index contributed by atoms with van der Waals surface area (Å²) in [5.74, 6) is 0.503. The number of amides is 1. The minimum Gasteiger partial charge on any atom is -0.444 e. The normalized spacial score (nSPS) is 26.5. The first-order valence-corrected chi connectivity index (χ1v) is 6.25. The monoisotopic (exact) mass is 242 g/mol. The highest BCUT2D eigenvalue weighted by Gasteiger charge is 2.38. The van der Waals surface area contributed by atoms with Gasteiger partial charge in [0.25, 0.3) is 0 Å². The van der Waals surface area contributed by atoms with Crippen LogP contribution in [0.25, 0.3) is 0 Å². The molecule has 2 aliphatic rings. The summed E-state index contributed by atoms with van der Waals surface area (Å²) in [6.45, 7) is 9.67. The number of morpholine rings is 1. The lowest BCUT2D eigenvalue weighted by molar-refractivity contribution is -0.0238. The summed E-state index contributed by atoms with van der Waals surface area (Å²) in [4.78, 5) is 13.5. The summed E-state index contributed by atoms with van der Waals surface area (Å²) in [5, 5.41) is 3.42. The fraction of sp³-hybridized carbons (Fsp3) is 0.917. The number of nitrogens with zero attached hydrogens (tertiary/aromatic N) is 1. The molecule has 2 aliphatic heterocycles. The number of nitrogens with one attached hydrogen (secondary N) is 1. The van der Waals surface area contributed by atoms with Gasteiger partial charge in [0.15, 0.2) is 0 Å². The average Bonchev–Trinajstić information content (AvgIpc) is 2.14. The molecule has 98 valence electrons. The fourth-order valence-corrected chi connectivity index (χ4v) is 2.13. The Hall–Kier alpha value is -0.810. The molecule has 0 aliphatic carbocycles. The average molecular weight is 242 g/mol. The van der Waals surface area contributed by atoms with E-state index in [1.807, 2.05) is 20.8 Å². The number of rotatable bonds is 1. The maximum absolute atomic E-state index is 11.7. The molecular weight excluding hydrogens is 220 g/mol. The van der Waals surface area contributed by atoms with E-state index in [0.29, 0.717) is 12.0 Å². The predicted octanol–water partition coefficient (Wildman–Crippen LogP) is 0.842. The summed E-state index contributed by atoms with van der Waals surface area (Å²) in [6, 6.07) is 0.391. The molecule has 0 bridgehead atoms. The molecule has 1 atom stereocenters. The Labute approximate surface area is 102 Å². The molecule has 17 heavy (non-hydrogen) atoms. The summed E-state index contributed by atoms with van der Waals surface area (Å²) < 4.78 is 10.7. The molecule has 0 radical (unpaired) electrons. The van der Waals surface area contributed by atoms with E-state index >= 15 is 0 Å². The fourth-order valence-electron chi connectivity index (χ4n) is 2.13. The van der Waals surface area contributed by atoms with Gasteiger partial charge in [-0.15, -0.1) is 0 Å². The van der Waals surface area contributed by atoms with Crippen LogP contribution in [-0.2, 0) is 9.47 Å². The van der Waals surface area contributed by atoms with Crippen LogP contribution in [0, 0.1) is 5.92 Å². The molecule has 0 aromatic rings. The van der Waals surface area contributed by atoms with Crippen LogP contribution in [0.1, 0.15) is 20.8 Å². The molecule has 2 saturated heterocycles. The van der Waals surface area contributed by atoms with Gasteiger partial charge in [0.05, 0.1) is 13.2 Å². The Morgan fingerprint density at radius 2 is 2.12 bits per heavy atom. The van der Waals surface area contributed by atoms with Crippen LogP contribution in [0.15, 0.2) is 0 Å². The largest absolute Gasteiger partial charge is 0.444 e. The number of carbonyl (C=O) groups is 1. The van der Waals surface area contributed by atoms with Crippen molar-refractivity contribution in [3.63, 3.8) is 0 Å². The van der Waals surface area contributed by atoms with Crippen LogP contribution in [0.4, 0.5) is 4.79 Å². The summed E-state index contributed by atoms with van der Waals surface area (Å²) in [5.41, 5.74) is -0.408. The smallest absolute Gasteiger partial charge is 0.410 e. The molecule has 1 unspecified atom stereocenters. The van der Waals surface area contributed by atoms with E-state index in [4.69, 9.17) is 9.47 Å². The zero-order valence-electron chi connectivity index (χ0n) is 10.9. The molecule has 5 nitrogen and oxygen atoms in total. The Balaban J connectivity index is 1.72. The van der Waals surface area contributed by atoms with Gasteiger partial charge < -0.3 is 19.7 Å². The van der Waals surface area contributed by atoms with Crippen LogP contribution in [0.5, 0.6) is 0 Å². The Kier molecular flexibility index (Phi) is 3.58. The topological polar surface area (TPSA) is 50.8 Å². The van der Waals surface area contributed by atoms with Crippen molar-refractivity contribution in [2.75, 3.05) is 32.8 Å². The second-order valence-electron chi connectivity index (χ2n) is 5.78. The van der Waals surface area contributed by atoms with Crippen LogP contribution in [0.3, 0.4) is 0 Å². The number of ether oxygens (including phenoxy) is 2. The molecular formula is C12H22N2O3. The van der Waals surface area contributed by atoms with E-state index in [2.05, 4.69) is 5.32 Å². The van der Waals surface area contributed by atoms with Crippen molar-refractivity contribution in [3.05, 3.63) is 0 Å². The Morgan fingerprint density at radius 1 is 1.41 bits per heavy atom. The van der Waals surface area contributed by atoms with Gasteiger partial charge in [0.2, 0.25) is 0 Å². The lowest BCUT2D eigenvalue weighted by atomic mass is 9.92. The SMILES string of the molecule is CC(C)(C)OC(=O)N1CC(C2COCCN2)C1. The third-order valence-corrected chi connectivity index (χ3v) is 3.08. The maximum atomic E-state index is 11.7. The molecule has 0 aromatic heterocycles. The van der Waals surface area contributed by atoms with Gasteiger partial charge in [0.1, 0.15) is 5.60 Å². The van der Waals surface area contributed by atoms with Gasteiger partial charge in [-0.05, 0) is 20.8 Å². The predicted molar refractivity (Wildman–Crippen MR) is 63.9 cm³/mol. The van der Waals surface area contributed by atoms with Crippen molar-refractivity contribution >= 4 is 6.09 Å². The molecule has 5 heteroatoms. The zero-order valence-corrected chi connectivity index (χ0v) is 10.9. The highest BCUT2D eigenvalue weighted by atomic mass is 16.6. The first-order valence-electron chi connectivity index (χ1n) is 6.25. The van der Waals surface area contributed by atoms with Crippen molar-refractivity contribution < 1.29 is 14.3 Å². The molecule has 0 aromatic carbocycles. The maximum Gasteiger partial charge on any atom is 0.410 e. The van der Waals surface area contributed by atoms with Crippen LogP contribution in [-0.4, -0.2) is 55.5 Å². The first kappa shape index (κ1) is 12.6. The minimum absolute atomic E-state index is 0.203. The van der Waals surface area contributed by atoms with Gasteiger partial charge in [-0.3, -0.25) is 0 Å². The number of carbonyl (C=O) groups excluding carboxylic acids is 1. The highest BCUT2D eigenvalue weighted by molar-refractivity contribution is 5.69. The van der Waals surface area contributed by atoms with Crippen LogP contribution in [0.2, 0.25) is 0 Å². The van der Waals surface area contributed by atoms with Gasteiger partial charge in [-0.2, -0.15) is 0 Å². The van der Waals surface area contributed by atoms with Crippen molar-refractivity contribution in [2.24, 2.45) is 5.92 Å². The van der Waals surface area contributed by atoms with E-state index in [-0.39, 0.29) is 6.09 Å². The number of hydrogen-bond acceptors (Lipinski definition) is 4. The summed E-state index contributed by atoms with van der Waals surface area (Å²) >= 11 is 0. The Bertz CT molecular complexity index is 276. The van der Waals surface area contributed by atoms with Crippen LogP contribution >= 0.6 is 0 Å². The standard InChI is InChI=1S/C12H22N2O3/c1-12(2,3)17-11(15)14-6-9(7-14)10-8-16-5-4-13-10/h9-10,13H,4-8H2,1-3H3. The van der Waals surface area contributed by atoms with E-state index in [9.17, 15) is 4.79 Å². The second kappa shape index (κ2) is 4.82. The van der Waals surface area contributed by atoms with Crippen molar-refractivity contribution in [2.45, 2.75) is 32.4 Å². The quantitative estimate of drug-likeness (QED) is 0.740. The van der Waals surface area contributed by atoms with Crippen molar-refractivity contribution in [1.29, 1.82) is 0 Å². The van der Waals surface area contributed by atoms with E-state index in [1.165, 1.54) is 0 Å². The van der Waals surface area contributed by atoms with E-state index in [0.717, 1.165) is 32.8 Å². The zero-order chi connectivity index (χ0) is 12.5. The van der Waals surface area contributed by atoms with Gasteiger partial charge >= 0.3 is 6.09 Å². The number of likely N-dealkylation sites (tertiary alicyclic amines) is 1.